The van der Waals surface area contributed by atoms with E-state index in [9.17, 15) is 14.9 Å². The van der Waals surface area contributed by atoms with Crippen LogP contribution in [0, 0.1) is 11.3 Å². The van der Waals surface area contributed by atoms with Crippen molar-refractivity contribution in [2.24, 2.45) is 0 Å². The molecule has 1 atom stereocenters. The van der Waals surface area contributed by atoms with Crippen molar-refractivity contribution in [1.82, 2.24) is 9.97 Å². The van der Waals surface area contributed by atoms with E-state index in [0.29, 0.717) is 15.8 Å². The number of thiophene rings is 1. The minimum Gasteiger partial charge on any atom is -0.308 e. The van der Waals surface area contributed by atoms with Crippen LogP contribution in [-0.2, 0) is 18.3 Å². The van der Waals surface area contributed by atoms with Crippen LogP contribution in [0.4, 0.5) is 0 Å². The first-order chi connectivity index (χ1) is 13.8. The first-order valence-electron chi connectivity index (χ1n) is 9.88. The zero-order valence-corrected chi connectivity index (χ0v) is 17.7. The molecule has 2 heterocycles. The lowest BCUT2D eigenvalue weighted by molar-refractivity contribution is 0.0976. The molecule has 0 saturated heterocycles. The Balaban J connectivity index is 1.72. The van der Waals surface area contributed by atoms with E-state index < -0.39 is 5.92 Å². The van der Waals surface area contributed by atoms with E-state index >= 15 is 0 Å². The Hall–Kier alpha value is -2.78. The number of fused-ring (bicyclic) bond motifs is 3. The number of carbonyl (C=O) groups excluding carboxylic acids is 1. The van der Waals surface area contributed by atoms with Gasteiger partial charge in [0.15, 0.2) is 11.7 Å². The van der Waals surface area contributed by atoms with E-state index in [1.165, 1.54) is 16.2 Å². The molecule has 5 nitrogen and oxygen atoms in total. The van der Waals surface area contributed by atoms with Crippen molar-refractivity contribution < 1.29 is 4.79 Å². The number of aryl methyl sites for hydroxylation is 2. The van der Waals surface area contributed by atoms with E-state index in [2.05, 4.69) is 30.7 Å². The maximum Gasteiger partial charge on any atom is 0.259 e. The second-order valence-electron chi connectivity index (χ2n) is 8.60. The number of hydrogen-bond acceptors (Lipinski definition) is 5. The fourth-order valence-corrected chi connectivity index (χ4v) is 5.13. The molecule has 1 aliphatic rings. The van der Waals surface area contributed by atoms with E-state index in [-0.39, 0.29) is 22.6 Å². The molecule has 0 amide bonds. The van der Waals surface area contributed by atoms with Gasteiger partial charge >= 0.3 is 0 Å². The van der Waals surface area contributed by atoms with Gasteiger partial charge in [-0.2, -0.15) is 5.26 Å². The molecule has 0 aliphatic heterocycles. The lowest BCUT2D eigenvalue weighted by Crippen LogP contribution is -2.20. The van der Waals surface area contributed by atoms with Crippen molar-refractivity contribution in [2.75, 3.05) is 0 Å². The Labute approximate surface area is 173 Å². The van der Waals surface area contributed by atoms with Gasteiger partial charge < -0.3 is 4.98 Å². The number of aromatic nitrogens is 2. The summed E-state index contributed by atoms with van der Waals surface area (Å²) in [5.74, 6) is -1.35. The zero-order valence-electron chi connectivity index (χ0n) is 16.8. The number of nitrogens with one attached hydrogen (secondary N) is 1. The number of H-pyrrole nitrogens is 1. The molecule has 1 aliphatic carbocycles. The molecule has 0 bridgehead atoms. The quantitative estimate of drug-likeness (QED) is 0.643. The summed E-state index contributed by atoms with van der Waals surface area (Å²) in [6.07, 6.45) is 4.05. The molecule has 0 radical (unpaired) electrons. The van der Waals surface area contributed by atoms with Gasteiger partial charge in [0.05, 0.1) is 11.5 Å². The van der Waals surface area contributed by atoms with E-state index in [0.717, 1.165) is 36.8 Å². The summed E-state index contributed by atoms with van der Waals surface area (Å²) in [7, 11) is 0. The second kappa shape index (κ2) is 7.23. The van der Waals surface area contributed by atoms with Gasteiger partial charge in [-0.25, -0.2) is 4.98 Å². The van der Waals surface area contributed by atoms with E-state index in [4.69, 9.17) is 0 Å². The van der Waals surface area contributed by atoms with Gasteiger partial charge in [0.1, 0.15) is 10.7 Å². The van der Waals surface area contributed by atoms with Crippen molar-refractivity contribution in [3.8, 4) is 6.07 Å². The molecular weight excluding hydrogens is 382 g/mol. The average molecular weight is 406 g/mol. The summed E-state index contributed by atoms with van der Waals surface area (Å²) in [4.78, 5) is 34.9. The van der Waals surface area contributed by atoms with Crippen LogP contribution in [-0.4, -0.2) is 15.8 Å². The van der Waals surface area contributed by atoms with Gasteiger partial charge in [-0.15, -0.1) is 11.3 Å². The molecule has 2 aromatic heterocycles. The predicted molar refractivity (Wildman–Crippen MR) is 115 cm³/mol. The van der Waals surface area contributed by atoms with Crippen molar-refractivity contribution in [3.63, 3.8) is 0 Å². The van der Waals surface area contributed by atoms with Crippen LogP contribution in [0.15, 0.2) is 29.1 Å². The SMILES string of the molecule is CC(C)(C)c1ccc(C(=O)C(C#N)c2nc3sc4c(c3c(=O)[nH]2)CCCC4)cc1. The fraction of sp³-hybridized carbons (Fsp3) is 0.391. The number of Topliss-reactive ketones (excluding diaryl/α,β-unsaturated/α-hetero) is 1. The fourth-order valence-electron chi connectivity index (χ4n) is 3.86. The lowest BCUT2D eigenvalue weighted by atomic mass is 9.86. The largest absolute Gasteiger partial charge is 0.308 e. The third-order valence-electron chi connectivity index (χ3n) is 5.54. The molecule has 0 fully saturated rings. The molecule has 1 unspecified atom stereocenters. The molecule has 29 heavy (non-hydrogen) atoms. The number of nitrogens with zero attached hydrogens (tertiary/aromatic N) is 2. The molecule has 6 heteroatoms. The van der Waals surface area contributed by atoms with Crippen LogP contribution in [0.2, 0.25) is 0 Å². The lowest BCUT2D eigenvalue weighted by Gasteiger charge is -2.19. The number of nitriles is 1. The first kappa shape index (κ1) is 19.5. The minimum absolute atomic E-state index is 0.0215. The molecule has 1 aromatic carbocycles. The van der Waals surface area contributed by atoms with Crippen LogP contribution < -0.4 is 5.56 Å². The van der Waals surface area contributed by atoms with Gasteiger partial charge in [0.2, 0.25) is 0 Å². The summed E-state index contributed by atoms with van der Waals surface area (Å²) >= 11 is 1.52. The van der Waals surface area contributed by atoms with Gasteiger partial charge in [-0.3, -0.25) is 9.59 Å². The van der Waals surface area contributed by atoms with Crippen molar-refractivity contribution >= 4 is 27.3 Å². The van der Waals surface area contributed by atoms with Gasteiger partial charge in [-0.05, 0) is 42.2 Å². The molecule has 148 valence electrons. The van der Waals surface area contributed by atoms with Gasteiger partial charge in [-0.1, -0.05) is 45.0 Å². The molecule has 4 rings (SSSR count). The van der Waals surface area contributed by atoms with Gasteiger partial charge in [0.25, 0.3) is 5.56 Å². The highest BCUT2D eigenvalue weighted by atomic mass is 32.1. The van der Waals surface area contributed by atoms with Crippen LogP contribution in [0.3, 0.4) is 0 Å². The molecule has 0 saturated carbocycles. The maximum atomic E-state index is 13.0. The monoisotopic (exact) mass is 405 g/mol. The highest BCUT2D eigenvalue weighted by Gasteiger charge is 2.27. The number of hydrogen-bond donors (Lipinski definition) is 1. The van der Waals surface area contributed by atoms with Crippen molar-refractivity contribution in [2.45, 2.75) is 57.8 Å². The smallest absolute Gasteiger partial charge is 0.259 e. The summed E-state index contributed by atoms with van der Waals surface area (Å²) in [5.41, 5.74) is 2.37. The number of aromatic amines is 1. The number of benzene rings is 1. The molecule has 0 spiro atoms. The predicted octanol–water partition coefficient (Wildman–Crippen LogP) is 4.65. The number of ketones is 1. The zero-order chi connectivity index (χ0) is 20.8. The normalized spacial score (nSPS) is 15.0. The Kier molecular flexibility index (Phi) is 4.87. The number of carbonyl (C=O) groups is 1. The molecule has 1 N–H and O–H groups in total. The van der Waals surface area contributed by atoms with Crippen LogP contribution in [0.25, 0.3) is 10.2 Å². The second-order valence-corrected chi connectivity index (χ2v) is 9.68. The van der Waals surface area contributed by atoms with Crippen LogP contribution in [0.1, 0.15) is 71.7 Å². The Morgan fingerprint density at radius 2 is 1.90 bits per heavy atom. The minimum atomic E-state index is -1.13. The Morgan fingerprint density at radius 3 is 2.55 bits per heavy atom. The summed E-state index contributed by atoms with van der Waals surface area (Å²) in [6, 6.07) is 9.35. The standard InChI is InChI=1S/C23H23N3O2S/c1-23(2,3)14-10-8-13(9-11-14)19(27)16(12-24)20-25-21(28)18-15-6-4-5-7-17(15)29-22(18)26-20/h8-11,16H,4-7H2,1-3H3,(H,25,26,28). The number of rotatable bonds is 3. The maximum absolute atomic E-state index is 13.0. The third kappa shape index (κ3) is 3.51. The van der Waals surface area contributed by atoms with Crippen molar-refractivity contribution in [1.29, 1.82) is 5.26 Å². The summed E-state index contributed by atoms with van der Waals surface area (Å²) in [6.45, 7) is 6.31. The van der Waals surface area contributed by atoms with Crippen LogP contribution in [0.5, 0.6) is 0 Å². The average Bonchev–Trinajstić information content (AvgIpc) is 3.07. The Bertz CT molecular complexity index is 1190. The van der Waals surface area contributed by atoms with Crippen molar-refractivity contribution in [3.05, 3.63) is 62.0 Å². The third-order valence-corrected chi connectivity index (χ3v) is 6.73. The van der Waals surface area contributed by atoms with E-state index in [1.54, 1.807) is 12.1 Å². The van der Waals surface area contributed by atoms with Crippen LogP contribution >= 0.6 is 11.3 Å². The topological polar surface area (TPSA) is 86.6 Å². The Morgan fingerprint density at radius 1 is 1.21 bits per heavy atom. The van der Waals surface area contributed by atoms with Gasteiger partial charge in [0, 0.05) is 10.4 Å². The summed E-state index contributed by atoms with van der Waals surface area (Å²) < 4.78 is 0. The molecule has 3 aromatic rings. The summed E-state index contributed by atoms with van der Waals surface area (Å²) in [5, 5.41) is 10.3. The van der Waals surface area contributed by atoms with E-state index in [1.807, 2.05) is 18.2 Å². The highest BCUT2D eigenvalue weighted by Crippen LogP contribution is 2.34. The highest BCUT2D eigenvalue weighted by molar-refractivity contribution is 7.18. The molecular formula is C23H23N3O2S. The first-order valence-corrected chi connectivity index (χ1v) is 10.7.